The number of aromatic hydroxyl groups is 1. The Morgan fingerprint density at radius 2 is 1.63 bits per heavy atom. The Hall–Kier alpha value is -2.04. The first-order valence-electron chi connectivity index (χ1n) is 5.50. The number of rotatable bonds is 2. The van der Waals surface area contributed by atoms with Gasteiger partial charge in [-0.2, -0.15) is 13.2 Å². The van der Waals surface area contributed by atoms with Crippen molar-refractivity contribution in [1.29, 1.82) is 0 Å². The molecule has 2 aromatic carbocycles. The van der Waals surface area contributed by atoms with Crippen molar-refractivity contribution in [3.05, 3.63) is 65.0 Å². The van der Waals surface area contributed by atoms with Crippen molar-refractivity contribution < 1.29 is 22.7 Å². The number of phenols is 1. The molecule has 0 aliphatic carbocycles. The summed E-state index contributed by atoms with van der Waals surface area (Å²) in [6.45, 7) is 0. The fraction of sp³-hybridized carbons (Fsp3) is 0.143. The summed E-state index contributed by atoms with van der Waals surface area (Å²) < 4.78 is 50.5. The minimum Gasteiger partial charge on any atom is -0.505 e. The average molecular weight is 270 g/mol. The van der Waals surface area contributed by atoms with E-state index in [4.69, 9.17) is 0 Å². The van der Waals surface area contributed by atoms with Gasteiger partial charge in [-0.15, -0.1) is 0 Å². The van der Waals surface area contributed by atoms with E-state index in [9.17, 15) is 22.7 Å². The largest absolute Gasteiger partial charge is 0.505 e. The molecule has 0 aliphatic heterocycles. The highest BCUT2D eigenvalue weighted by Gasteiger charge is 2.30. The molecule has 1 nitrogen and oxygen atoms in total. The summed E-state index contributed by atoms with van der Waals surface area (Å²) >= 11 is 0. The molecule has 0 heterocycles. The predicted octanol–water partition coefficient (Wildman–Crippen LogP) is 4.14. The predicted molar refractivity (Wildman–Crippen MR) is 62.3 cm³/mol. The summed E-state index contributed by atoms with van der Waals surface area (Å²) in [6, 6.07) is 8.62. The molecule has 2 rings (SSSR count). The van der Waals surface area contributed by atoms with Gasteiger partial charge in [-0.3, -0.25) is 0 Å². The van der Waals surface area contributed by atoms with E-state index in [0.717, 1.165) is 18.2 Å². The number of hydrogen-bond acceptors (Lipinski definition) is 1. The maximum Gasteiger partial charge on any atom is 0.416 e. The SMILES string of the molecule is Oc1cc(Cc2cccc(C(F)(F)F)c2)ccc1F. The standard InChI is InChI=1S/C14H10F4O/c15-12-5-4-10(8-13(12)19)6-9-2-1-3-11(7-9)14(16,17)18/h1-5,7-8,19H,6H2. The van der Waals surface area contributed by atoms with Crippen LogP contribution >= 0.6 is 0 Å². The van der Waals surface area contributed by atoms with Crippen molar-refractivity contribution in [2.45, 2.75) is 12.6 Å². The number of alkyl halides is 3. The zero-order valence-corrected chi connectivity index (χ0v) is 9.71. The molecular formula is C14H10F4O. The van der Waals surface area contributed by atoms with E-state index in [1.807, 2.05) is 0 Å². The molecule has 0 aliphatic rings. The summed E-state index contributed by atoms with van der Waals surface area (Å²) in [5, 5.41) is 9.21. The van der Waals surface area contributed by atoms with E-state index in [-0.39, 0.29) is 6.42 Å². The molecule has 0 fully saturated rings. The van der Waals surface area contributed by atoms with Gasteiger partial charge in [0.15, 0.2) is 11.6 Å². The van der Waals surface area contributed by atoms with Crippen molar-refractivity contribution in [2.75, 3.05) is 0 Å². The minimum atomic E-state index is -4.39. The molecule has 100 valence electrons. The Morgan fingerprint density at radius 3 is 2.26 bits per heavy atom. The summed E-state index contributed by atoms with van der Waals surface area (Å²) in [4.78, 5) is 0. The monoisotopic (exact) mass is 270 g/mol. The van der Waals surface area contributed by atoms with Crippen LogP contribution in [0.3, 0.4) is 0 Å². The quantitative estimate of drug-likeness (QED) is 0.813. The fourth-order valence-electron chi connectivity index (χ4n) is 1.76. The van der Waals surface area contributed by atoms with Crippen molar-refractivity contribution in [3.8, 4) is 5.75 Å². The molecule has 0 amide bonds. The normalized spacial score (nSPS) is 11.6. The van der Waals surface area contributed by atoms with E-state index in [0.29, 0.717) is 11.1 Å². The average Bonchev–Trinajstić information content (AvgIpc) is 2.33. The molecule has 0 unspecified atom stereocenters. The van der Waals surface area contributed by atoms with Crippen LogP contribution in [-0.2, 0) is 12.6 Å². The summed E-state index contributed by atoms with van der Waals surface area (Å²) in [5.74, 6) is -1.27. The van der Waals surface area contributed by atoms with Gasteiger partial charge in [-0.05, 0) is 35.7 Å². The van der Waals surface area contributed by atoms with Crippen molar-refractivity contribution in [3.63, 3.8) is 0 Å². The van der Waals surface area contributed by atoms with E-state index < -0.39 is 23.3 Å². The molecule has 0 aromatic heterocycles. The number of hydrogen-bond donors (Lipinski definition) is 1. The van der Waals surface area contributed by atoms with Crippen LogP contribution in [0.1, 0.15) is 16.7 Å². The maximum absolute atomic E-state index is 12.9. The molecule has 0 saturated heterocycles. The molecule has 2 aromatic rings. The van der Waals surface area contributed by atoms with Gasteiger partial charge in [0.05, 0.1) is 5.56 Å². The van der Waals surface area contributed by atoms with Crippen LogP contribution in [0.25, 0.3) is 0 Å². The Bertz CT molecular complexity index is 590. The summed E-state index contributed by atoms with van der Waals surface area (Å²) in [7, 11) is 0. The number of benzene rings is 2. The molecule has 0 bridgehead atoms. The van der Waals surface area contributed by atoms with Gasteiger partial charge in [0.25, 0.3) is 0 Å². The van der Waals surface area contributed by atoms with E-state index >= 15 is 0 Å². The summed E-state index contributed by atoms with van der Waals surface area (Å²) in [5.41, 5.74) is 0.260. The number of halogens is 4. The third kappa shape index (κ3) is 3.24. The van der Waals surface area contributed by atoms with Crippen molar-refractivity contribution in [1.82, 2.24) is 0 Å². The Balaban J connectivity index is 2.26. The van der Waals surface area contributed by atoms with Crippen LogP contribution in [0, 0.1) is 5.82 Å². The lowest BCUT2D eigenvalue weighted by molar-refractivity contribution is -0.137. The van der Waals surface area contributed by atoms with E-state index in [1.165, 1.54) is 18.2 Å². The fourth-order valence-corrected chi connectivity index (χ4v) is 1.76. The van der Waals surface area contributed by atoms with Gasteiger partial charge in [0, 0.05) is 0 Å². The summed E-state index contributed by atoms with van der Waals surface area (Å²) in [6.07, 6.45) is -4.20. The van der Waals surface area contributed by atoms with Gasteiger partial charge in [0.2, 0.25) is 0 Å². The lowest BCUT2D eigenvalue weighted by Crippen LogP contribution is -2.05. The van der Waals surface area contributed by atoms with Gasteiger partial charge in [-0.1, -0.05) is 24.3 Å². The molecule has 0 radical (unpaired) electrons. The van der Waals surface area contributed by atoms with Gasteiger partial charge >= 0.3 is 6.18 Å². The zero-order valence-electron chi connectivity index (χ0n) is 9.71. The number of phenolic OH excluding ortho intramolecular Hbond substituents is 1. The van der Waals surface area contributed by atoms with Gasteiger partial charge in [0.1, 0.15) is 0 Å². The second-order valence-corrected chi connectivity index (χ2v) is 4.16. The second-order valence-electron chi connectivity index (χ2n) is 4.16. The van der Waals surface area contributed by atoms with Crippen LogP contribution in [-0.4, -0.2) is 5.11 Å². The highest BCUT2D eigenvalue weighted by atomic mass is 19.4. The van der Waals surface area contributed by atoms with Gasteiger partial charge in [-0.25, -0.2) is 4.39 Å². The van der Waals surface area contributed by atoms with Crippen LogP contribution in [0.2, 0.25) is 0 Å². The molecule has 0 atom stereocenters. The lowest BCUT2D eigenvalue weighted by atomic mass is 10.0. The first-order valence-corrected chi connectivity index (χ1v) is 5.50. The first-order chi connectivity index (χ1) is 8.86. The van der Waals surface area contributed by atoms with Crippen LogP contribution < -0.4 is 0 Å². The Morgan fingerprint density at radius 1 is 0.947 bits per heavy atom. The third-order valence-corrected chi connectivity index (χ3v) is 2.67. The third-order valence-electron chi connectivity index (χ3n) is 2.67. The molecule has 1 N–H and O–H groups in total. The highest BCUT2D eigenvalue weighted by molar-refractivity contribution is 5.34. The second kappa shape index (κ2) is 4.91. The Labute approximate surface area is 107 Å². The topological polar surface area (TPSA) is 20.2 Å². The van der Waals surface area contributed by atoms with E-state index in [1.54, 1.807) is 6.07 Å². The van der Waals surface area contributed by atoms with Crippen LogP contribution in [0.4, 0.5) is 17.6 Å². The van der Waals surface area contributed by atoms with Crippen molar-refractivity contribution in [2.24, 2.45) is 0 Å². The van der Waals surface area contributed by atoms with Crippen molar-refractivity contribution >= 4 is 0 Å². The van der Waals surface area contributed by atoms with E-state index in [2.05, 4.69) is 0 Å². The molecular weight excluding hydrogens is 260 g/mol. The highest BCUT2D eigenvalue weighted by Crippen LogP contribution is 2.30. The minimum absolute atomic E-state index is 0.192. The van der Waals surface area contributed by atoms with Gasteiger partial charge < -0.3 is 5.11 Å². The Kier molecular flexibility index (Phi) is 3.46. The zero-order chi connectivity index (χ0) is 14.0. The van der Waals surface area contributed by atoms with Crippen LogP contribution in [0.15, 0.2) is 42.5 Å². The van der Waals surface area contributed by atoms with Crippen LogP contribution in [0.5, 0.6) is 5.75 Å². The first kappa shape index (κ1) is 13.4. The molecule has 0 spiro atoms. The molecule has 19 heavy (non-hydrogen) atoms. The molecule has 0 saturated carbocycles. The molecule has 5 heteroatoms. The lowest BCUT2D eigenvalue weighted by Gasteiger charge is -2.09. The smallest absolute Gasteiger partial charge is 0.416 e. The maximum atomic E-state index is 12.9.